The Kier molecular flexibility index (Phi) is 9.49. The standard InChI is InChI=1S/C33H45ClN4O2/c1-25(2)37-22-29(27-11-13-28(34)14-12-27)30(23-37)32(40)36-17-19-38(20-18-36)33(15-7-4-8-16-33)24-35-31(39)21-26-9-5-3-6-10-26/h3,5-6,9-14,25,29-30H,4,7-8,15-24H2,1-2H3,(H,35,39)/t29-,30+/m1/s1. The maximum absolute atomic E-state index is 14.0. The molecular formula is C33H45ClN4O2. The Morgan fingerprint density at radius 1 is 0.925 bits per heavy atom. The molecule has 7 heteroatoms. The quantitative estimate of drug-likeness (QED) is 0.492. The molecule has 0 aromatic heterocycles. The lowest BCUT2D eigenvalue weighted by atomic mass is 9.79. The largest absolute Gasteiger partial charge is 0.354 e. The highest BCUT2D eigenvalue weighted by Gasteiger charge is 2.44. The Balaban J connectivity index is 1.22. The van der Waals surface area contributed by atoms with Crippen molar-refractivity contribution in [3.63, 3.8) is 0 Å². The van der Waals surface area contributed by atoms with Gasteiger partial charge in [-0.3, -0.25) is 19.4 Å². The third kappa shape index (κ3) is 6.72. The van der Waals surface area contributed by atoms with Crippen molar-refractivity contribution in [1.82, 2.24) is 20.0 Å². The average molecular weight is 565 g/mol. The van der Waals surface area contributed by atoms with Crippen LogP contribution in [-0.2, 0) is 16.0 Å². The fraction of sp³-hybridized carbons (Fsp3) is 0.576. The number of piperazine rings is 1. The average Bonchev–Trinajstić information content (AvgIpc) is 3.43. The summed E-state index contributed by atoms with van der Waals surface area (Å²) in [4.78, 5) is 33.9. The van der Waals surface area contributed by atoms with Crippen LogP contribution in [0.15, 0.2) is 54.6 Å². The van der Waals surface area contributed by atoms with Crippen molar-refractivity contribution in [2.45, 2.75) is 69.9 Å². The molecule has 3 fully saturated rings. The fourth-order valence-electron chi connectivity index (χ4n) is 7.11. The molecule has 0 radical (unpaired) electrons. The van der Waals surface area contributed by atoms with Crippen molar-refractivity contribution in [1.29, 1.82) is 0 Å². The molecule has 0 unspecified atom stereocenters. The second-order valence-electron chi connectivity index (χ2n) is 12.3. The summed E-state index contributed by atoms with van der Waals surface area (Å²) >= 11 is 6.17. The van der Waals surface area contributed by atoms with Gasteiger partial charge in [0.25, 0.3) is 0 Å². The van der Waals surface area contributed by atoms with E-state index >= 15 is 0 Å². The Morgan fingerprint density at radius 2 is 1.60 bits per heavy atom. The third-order valence-corrected chi connectivity index (χ3v) is 9.81. The molecule has 2 atom stereocenters. The number of amides is 2. The first-order valence-corrected chi connectivity index (χ1v) is 15.6. The molecular weight excluding hydrogens is 520 g/mol. The molecule has 1 N–H and O–H groups in total. The zero-order chi connectivity index (χ0) is 28.1. The number of rotatable bonds is 8. The van der Waals surface area contributed by atoms with E-state index in [4.69, 9.17) is 11.6 Å². The zero-order valence-electron chi connectivity index (χ0n) is 24.2. The number of halogens is 1. The predicted molar refractivity (Wildman–Crippen MR) is 162 cm³/mol. The number of hydrogen-bond acceptors (Lipinski definition) is 4. The van der Waals surface area contributed by atoms with E-state index in [0.29, 0.717) is 19.0 Å². The van der Waals surface area contributed by atoms with E-state index in [0.717, 1.165) is 62.7 Å². The van der Waals surface area contributed by atoms with E-state index in [2.05, 4.69) is 46.0 Å². The number of carbonyl (C=O) groups excluding carboxylic acids is 2. The van der Waals surface area contributed by atoms with Gasteiger partial charge in [-0.2, -0.15) is 0 Å². The van der Waals surface area contributed by atoms with Crippen LogP contribution in [0.25, 0.3) is 0 Å². The molecule has 6 nitrogen and oxygen atoms in total. The summed E-state index contributed by atoms with van der Waals surface area (Å²) in [5.74, 6) is 0.538. The summed E-state index contributed by atoms with van der Waals surface area (Å²) in [5.41, 5.74) is 2.24. The van der Waals surface area contributed by atoms with Gasteiger partial charge in [0.2, 0.25) is 11.8 Å². The minimum atomic E-state index is -0.0314. The highest BCUT2D eigenvalue weighted by molar-refractivity contribution is 6.30. The van der Waals surface area contributed by atoms with E-state index in [1.54, 1.807) is 0 Å². The van der Waals surface area contributed by atoms with E-state index in [1.165, 1.54) is 24.8 Å². The van der Waals surface area contributed by atoms with Crippen LogP contribution in [-0.4, -0.2) is 83.9 Å². The Morgan fingerprint density at radius 3 is 2.25 bits per heavy atom. The van der Waals surface area contributed by atoms with Gasteiger partial charge >= 0.3 is 0 Å². The van der Waals surface area contributed by atoms with E-state index in [-0.39, 0.29) is 29.2 Å². The second kappa shape index (κ2) is 13.1. The van der Waals surface area contributed by atoms with Crippen LogP contribution in [0.1, 0.15) is 63.0 Å². The lowest BCUT2D eigenvalue weighted by Crippen LogP contribution is -2.63. The molecule has 216 valence electrons. The molecule has 2 aromatic carbocycles. The number of benzene rings is 2. The number of likely N-dealkylation sites (tertiary alicyclic amines) is 1. The number of nitrogens with zero attached hydrogens (tertiary/aromatic N) is 3. The van der Waals surface area contributed by atoms with Crippen molar-refractivity contribution in [2.24, 2.45) is 5.92 Å². The maximum Gasteiger partial charge on any atom is 0.227 e. The lowest BCUT2D eigenvalue weighted by molar-refractivity contribution is -0.138. The van der Waals surface area contributed by atoms with Gasteiger partial charge in [0, 0.05) is 68.3 Å². The van der Waals surface area contributed by atoms with Crippen LogP contribution in [0.3, 0.4) is 0 Å². The summed E-state index contributed by atoms with van der Waals surface area (Å²) in [5, 5.41) is 4.02. The Labute approximate surface area is 245 Å². The van der Waals surface area contributed by atoms with Crippen LogP contribution in [0.5, 0.6) is 0 Å². The molecule has 40 heavy (non-hydrogen) atoms. The lowest BCUT2D eigenvalue weighted by Gasteiger charge is -2.50. The molecule has 2 heterocycles. The normalized spacial score (nSPS) is 23.9. The number of carbonyl (C=O) groups is 2. The molecule has 2 saturated heterocycles. The SMILES string of the molecule is CC(C)N1C[C@H](C(=O)N2CCN(C3(CNC(=O)Cc4ccccc4)CCCCC3)CC2)[C@@H](c2ccc(Cl)cc2)C1. The van der Waals surface area contributed by atoms with Crippen molar-refractivity contribution in [2.75, 3.05) is 45.8 Å². The molecule has 3 aliphatic rings. The molecule has 1 aliphatic carbocycles. The predicted octanol–water partition coefficient (Wildman–Crippen LogP) is 4.97. The van der Waals surface area contributed by atoms with Gasteiger partial charge in [-0.1, -0.05) is 73.3 Å². The van der Waals surface area contributed by atoms with Gasteiger partial charge in [0.15, 0.2) is 0 Å². The zero-order valence-corrected chi connectivity index (χ0v) is 24.9. The highest BCUT2D eigenvalue weighted by atomic mass is 35.5. The maximum atomic E-state index is 14.0. The number of nitrogens with one attached hydrogen (secondary N) is 1. The summed E-state index contributed by atoms with van der Waals surface area (Å²) in [6.45, 7) is 10.1. The van der Waals surface area contributed by atoms with Gasteiger partial charge < -0.3 is 10.2 Å². The van der Waals surface area contributed by atoms with E-state index in [9.17, 15) is 9.59 Å². The monoisotopic (exact) mass is 564 g/mol. The van der Waals surface area contributed by atoms with Gasteiger partial charge in [-0.15, -0.1) is 0 Å². The van der Waals surface area contributed by atoms with Crippen LogP contribution >= 0.6 is 11.6 Å². The van der Waals surface area contributed by atoms with Crippen LogP contribution in [0.4, 0.5) is 0 Å². The highest BCUT2D eigenvalue weighted by Crippen LogP contribution is 2.37. The second-order valence-corrected chi connectivity index (χ2v) is 12.8. The summed E-state index contributed by atoms with van der Waals surface area (Å²) in [6.07, 6.45) is 6.29. The number of hydrogen-bond donors (Lipinski definition) is 1. The van der Waals surface area contributed by atoms with Gasteiger partial charge in [-0.05, 0) is 49.9 Å². The molecule has 2 aliphatic heterocycles. The third-order valence-electron chi connectivity index (χ3n) is 9.56. The summed E-state index contributed by atoms with van der Waals surface area (Å²) in [7, 11) is 0. The van der Waals surface area contributed by atoms with Gasteiger partial charge in [-0.25, -0.2) is 0 Å². The molecule has 0 spiro atoms. The minimum Gasteiger partial charge on any atom is -0.354 e. The summed E-state index contributed by atoms with van der Waals surface area (Å²) < 4.78 is 0. The Bertz CT molecular complexity index is 1120. The van der Waals surface area contributed by atoms with Crippen molar-refractivity contribution >= 4 is 23.4 Å². The Hall–Kier alpha value is -2.41. The van der Waals surface area contributed by atoms with Crippen LogP contribution in [0.2, 0.25) is 5.02 Å². The van der Waals surface area contributed by atoms with E-state index in [1.807, 2.05) is 42.5 Å². The fourth-order valence-corrected chi connectivity index (χ4v) is 7.24. The van der Waals surface area contributed by atoms with Crippen LogP contribution in [0, 0.1) is 5.92 Å². The first-order chi connectivity index (χ1) is 19.3. The summed E-state index contributed by atoms with van der Waals surface area (Å²) in [6, 6.07) is 18.4. The van der Waals surface area contributed by atoms with E-state index < -0.39 is 0 Å². The topological polar surface area (TPSA) is 55.9 Å². The molecule has 2 aromatic rings. The first-order valence-electron chi connectivity index (χ1n) is 15.2. The van der Waals surface area contributed by atoms with Crippen LogP contribution < -0.4 is 5.32 Å². The van der Waals surface area contributed by atoms with Crippen molar-refractivity contribution < 1.29 is 9.59 Å². The smallest absolute Gasteiger partial charge is 0.227 e. The molecule has 2 amide bonds. The van der Waals surface area contributed by atoms with Crippen molar-refractivity contribution in [3.05, 3.63) is 70.7 Å². The minimum absolute atomic E-state index is 0.00657. The van der Waals surface area contributed by atoms with Gasteiger partial charge in [0.1, 0.15) is 0 Å². The van der Waals surface area contributed by atoms with Gasteiger partial charge in [0.05, 0.1) is 12.3 Å². The molecule has 1 saturated carbocycles. The van der Waals surface area contributed by atoms with Crippen molar-refractivity contribution in [3.8, 4) is 0 Å². The first kappa shape index (κ1) is 29.1. The molecule has 0 bridgehead atoms. The molecule has 5 rings (SSSR count).